The summed E-state index contributed by atoms with van der Waals surface area (Å²) in [5.74, 6) is -0.457. The van der Waals surface area contributed by atoms with Crippen LogP contribution >= 0.6 is 0 Å². The maximum absolute atomic E-state index is 13.3. The van der Waals surface area contributed by atoms with Crippen molar-refractivity contribution >= 4 is 40.3 Å². The number of carbonyl (C=O) groups is 2. The number of fused-ring (bicyclic) bond motifs is 5. The number of H-pyrrole nitrogens is 1. The number of aromatic amines is 1. The zero-order valence-electron chi connectivity index (χ0n) is 17.4. The Balaban J connectivity index is 1.44. The van der Waals surface area contributed by atoms with Gasteiger partial charge in [0.2, 0.25) is 0 Å². The number of anilines is 3. The standard InChI is InChI=1S/C20H19F3N8O2/c1-10-2-3-12-15(25-10)28-29-16(12)27-19(33)31-11-6-7-30(8-11)14-5-4-13(26-17(14)31)18(32)24-9-20(21,22)23/h2-5,11H,6-9H2,1H3,(H,24,32)(H2,25,27,28,29,33)/t11-/m0/s1. The quantitative estimate of drug-likeness (QED) is 0.553. The number of aromatic nitrogens is 4. The minimum Gasteiger partial charge on any atom is -0.366 e. The minimum atomic E-state index is -4.54. The van der Waals surface area contributed by atoms with E-state index in [0.29, 0.717) is 42.0 Å². The van der Waals surface area contributed by atoms with Crippen molar-refractivity contribution in [2.75, 3.05) is 34.8 Å². The number of amides is 3. The molecule has 3 N–H and O–H groups in total. The van der Waals surface area contributed by atoms with Gasteiger partial charge in [0.15, 0.2) is 17.3 Å². The monoisotopic (exact) mass is 460 g/mol. The van der Waals surface area contributed by atoms with Gasteiger partial charge >= 0.3 is 12.2 Å². The molecular formula is C20H19F3N8O2. The van der Waals surface area contributed by atoms with Gasteiger partial charge in [-0.25, -0.2) is 14.8 Å². The van der Waals surface area contributed by atoms with Gasteiger partial charge in [-0.3, -0.25) is 20.1 Å². The summed E-state index contributed by atoms with van der Waals surface area (Å²) in [6, 6.07) is 5.84. The fourth-order valence-electron chi connectivity index (χ4n) is 4.13. The molecule has 10 nitrogen and oxygen atoms in total. The molecular weight excluding hydrogens is 441 g/mol. The predicted octanol–water partition coefficient (Wildman–Crippen LogP) is 2.58. The van der Waals surface area contributed by atoms with Gasteiger partial charge in [0.25, 0.3) is 5.91 Å². The van der Waals surface area contributed by atoms with Crippen molar-refractivity contribution in [3.8, 4) is 0 Å². The molecule has 5 rings (SSSR count). The van der Waals surface area contributed by atoms with Crippen LogP contribution in [0.15, 0.2) is 24.3 Å². The third-order valence-electron chi connectivity index (χ3n) is 5.64. The van der Waals surface area contributed by atoms with Crippen LogP contribution in [0.25, 0.3) is 11.0 Å². The summed E-state index contributed by atoms with van der Waals surface area (Å²) in [7, 11) is 0. The molecule has 0 saturated carbocycles. The van der Waals surface area contributed by atoms with Crippen molar-refractivity contribution in [3.63, 3.8) is 0 Å². The Morgan fingerprint density at radius 3 is 2.82 bits per heavy atom. The van der Waals surface area contributed by atoms with E-state index in [9.17, 15) is 22.8 Å². The van der Waals surface area contributed by atoms with Gasteiger partial charge in [-0.2, -0.15) is 18.3 Å². The second-order valence-electron chi connectivity index (χ2n) is 7.95. The number of alkyl halides is 3. The first-order valence-corrected chi connectivity index (χ1v) is 10.2. The summed E-state index contributed by atoms with van der Waals surface area (Å²) in [5.41, 5.74) is 1.75. The van der Waals surface area contributed by atoms with Crippen LogP contribution in [0.5, 0.6) is 0 Å². The van der Waals surface area contributed by atoms with Crippen LogP contribution in [0.4, 0.5) is 35.3 Å². The Morgan fingerprint density at radius 2 is 2.03 bits per heavy atom. The molecule has 0 spiro atoms. The fraction of sp³-hybridized carbons (Fsp3) is 0.350. The summed E-state index contributed by atoms with van der Waals surface area (Å²) < 4.78 is 37.4. The summed E-state index contributed by atoms with van der Waals surface area (Å²) >= 11 is 0. The van der Waals surface area contributed by atoms with E-state index in [2.05, 4.69) is 25.5 Å². The number of carbonyl (C=O) groups excluding carboxylic acids is 2. The first kappa shape index (κ1) is 21.0. The highest BCUT2D eigenvalue weighted by Gasteiger charge is 2.41. The molecule has 5 heterocycles. The molecule has 172 valence electrons. The molecule has 2 aliphatic rings. The average molecular weight is 460 g/mol. The molecule has 13 heteroatoms. The molecule has 1 atom stereocenters. The summed E-state index contributed by atoms with van der Waals surface area (Å²) in [5, 5.41) is 12.1. The second kappa shape index (κ2) is 7.60. The Hall–Kier alpha value is -3.90. The normalized spacial score (nSPS) is 17.3. The highest BCUT2D eigenvalue weighted by molar-refractivity contribution is 6.07. The molecule has 1 fully saturated rings. The lowest BCUT2D eigenvalue weighted by atomic mass is 10.1. The minimum absolute atomic E-state index is 0.205. The zero-order valence-corrected chi connectivity index (χ0v) is 17.4. The van der Waals surface area contributed by atoms with E-state index < -0.39 is 24.7 Å². The molecule has 2 bridgehead atoms. The molecule has 0 aliphatic carbocycles. The summed E-state index contributed by atoms with van der Waals surface area (Å²) in [4.78, 5) is 37.6. The van der Waals surface area contributed by atoms with Crippen LogP contribution in [0.2, 0.25) is 0 Å². The van der Waals surface area contributed by atoms with Gasteiger partial charge in [0.1, 0.15) is 12.2 Å². The molecule has 2 aliphatic heterocycles. The lowest BCUT2D eigenvalue weighted by molar-refractivity contribution is -0.123. The SMILES string of the molecule is Cc1ccc2c(NC(=O)N3c4nc(C(=O)NCC(F)(F)F)ccc4N4CC[C@H]3C4)n[nH]c2n1. The van der Waals surface area contributed by atoms with E-state index in [1.54, 1.807) is 18.2 Å². The maximum Gasteiger partial charge on any atom is 0.405 e. The molecule has 0 unspecified atom stereocenters. The highest BCUT2D eigenvalue weighted by atomic mass is 19.4. The number of nitrogens with one attached hydrogen (secondary N) is 3. The lowest BCUT2D eigenvalue weighted by Crippen LogP contribution is -2.48. The number of rotatable bonds is 3. The molecule has 3 aromatic heterocycles. The van der Waals surface area contributed by atoms with Crippen molar-refractivity contribution in [1.29, 1.82) is 0 Å². The third-order valence-corrected chi connectivity index (χ3v) is 5.64. The second-order valence-corrected chi connectivity index (χ2v) is 7.95. The van der Waals surface area contributed by atoms with Crippen molar-refractivity contribution in [3.05, 3.63) is 35.7 Å². The van der Waals surface area contributed by atoms with Gasteiger partial charge in [-0.1, -0.05) is 0 Å². The number of aryl methyl sites for hydroxylation is 1. The van der Waals surface area contributed by atoms with Gasteiger partial charge in [-0.05, 0) is 37.6 Å². The Morgan fingerprint density at radius 1 is 1.21 bits per heavy atom. The molecule has 0 radical (unpaired) electrons. The van der Waals surface area contributed by atoms with Crippen LogP contribution in [-0.4, -0.2) is 64.0 Å². The number of hydrogen-bond acceptors (Lipinski definition) is 6. The van der Waals surface area contributed by atoms with Crippen molar-refractivity contribution in [2.24, 2.45) is 0 Å². The largest absolute Gasteiger partial charge is 0.405 e. The first-order valence-electron chi connectivity index (χ1n) is 10.2. The Kier molecular flexibility index (Phi) is 4.83. The van der Waals surface area contributed by atoms with E-state index >= 15 is 0 Å². The maximum atomic E-state index is 13.3. The first-order chi connectivity index (χ1) is 15.7. The topological polar surface area (TPSA) is 119 Å². The van der Waals surface area contributed by atoms with Crippen LogP contribution < -0.4 is 20.4 Å². The molecule has 3 amide bonds. The van der Waals surface area contributed by atoms with Crippen molar-refractivity contribution < 1.29 is 22.8 Å². The van der Waals surface area contributed by atoms with E-state index in [0.717, 1.165) is 5.69 Å². The van der Waals surface area contributed by atoms with Crippen molar-refractivity contribution in [2.45, 2.75) is 25.6 Å². The molecule has 1 saturated heterocycles. The van der Waals surface area contributed by atoms with Gasteiger partial charge < -0.3 is 10.2 Å². The molecule has 0 aromatic carbocycles. The number of hydrogen-bond donors (Lipinski definition) is 3. The van der Waals surface area contributed by atoms with Crippen LogP contribution in [0.3, 0.4) is 0 Å². The number of halogens is 3. The molecule has 33 heavy (non-hydrogen) atoms. The van der Waals surface area contributed by atoms with Crippen LogP contribution in [0, 0.1) is 6.92 Å². The van der Waals surface area contributed by atoms with E-state index in [1.807, 2.05) is 17.1 Å². The number of pyridine rings is 2. The van der Waals surface area contributed by atoms with E-state index in [4.69, 9.17) is 0 Å². The zero-order chi connectivity index (χ0) is 23.3. The lowest BCUT2D eigenvalue weighted by Gasteiger charge is -2.35. The predicted molar refractivity (Wildman–Crippen MR) is 113 cm³/mol. The average Bonchev–Trinajstić information content (AvgIpc) is 3.36. The highest BCUT2D eigenvalue weighted by Crippen LogP contribution is 2.39. The van der Waals surface area contributed by atoms with Gasteiger partial charge in [0.05, 0.1) is 17.1 Å². The van der Waals surface area contributed by atoms with Gasteiger partial charge in [0, 0.05) is 18.8 Å². The van der Waals surface area contributed by atoms with E-state index in [1.165, 1.54) is 11.0 Å². The van der Waals surface area contributed by atoms with Gasteiger partial charge in [-0.15, -0.1) is 0 Å². The summed E-state index contributed by atoms with van der Waals surface area (Å²) in [6.45, 7) is 1.65. The Labute approximate surface area is 185 Å². The number of urea groups is 1. The fourth-order valence-corrected chi connectivity index (χ4v) is 4.13. The third kappa shape index (κ3) is 3.90. The summed E-state index contributed by atoms with van der Waals surface area (Å²) in [6.07, 6.45) is -3.86. The molecule has 3 aromatic rings. The van der Waals surface area contributed by atoms with Crippen LogP contribution in [-0.2, 0) is 0 Å². The Bertz CT molecular complexity index is 1260. The van der Waals surface area contributed by atoms with E-state index in [-0.39, 0.29) is 17.6 Å². The smallest absolute Gasteiger partial charge is 0.366 e. The van der Waals surface area contributed by atoms with Crippen molar-refractivity contribution in [1.82, 2.24) is 25.5 Å². The van der Waals surface area contributed by atoms with Crippen LogP contribution in [0.1, 0.15) is 22.6 Å². The number of nitrogens with zero attached hydrogens (tertiary/aromatic N) is 5.